The topological polar surface area (TPSA) is 102 Å². The van der Waals surface area contributed by atoms with E-state index < -0.39 is 11.4 Å². The lowest BCUT2D eigenvalue weighted by Gasteiger charge is -2.32. The number of nitrogen functional groups attached to an aromatic ring is 1. The van der Waals surface area contributed by atoms with Gasteiger partial charge in [0.1, 0.15) is 12.1 Å². The molecule has 0 amide bonds. The highest BCUT2D eigenvalue weighted by Crippen LogP contribution is 2.50. The van der Waals surface area contributed by atoms with Crippen LogP contribution in [0.4, 0.5) is 5.00 Å². The number of nitrogens with two attached hydrogens (primary N) is 1. The first-order valence-electron chi connectivity index (χ1n) is 7.88. The van der Waals surface area contributed by atoms with Gasteiger partial charge < -0.3 is 15.7 Å². The second-order valence-electron chi connectivity index (χ2n) is 6.31. The van der Waals surface area contributed by atoms with Gasteiger partial charge in [0.2, 0.25) is 0 Å². The molecule has 2 aliphatic carbocycles. The van der Waals surface area contributed by atoms with Gasteiger partial charge in [-0.3, -0.25) is 4.79 Å². The van der Waals surface area contributed by atoms with E-state index in [1.165, 1.54) is 7.11 Å². The lowest BCUT2D eigenvalue weighted by Crippen LogP contribution is -2.38. The number of carboxylic acid groups (broad SMARTS) is 1. The predicted octanol–water partition coefficient (Wildman–Crippen LogP) is 2.85. The fourth-order valence-electron chi connectivity index (χ4n) is 4.06. The van der Waals surface area contributed by atoms with Crippen LogP contribution in [0.25, 0.3) is 0 Å². The van der Waals surface area contributed by atoms with Gasteiger partial charge >= 0.3 is 5.97 Å². The van der Waals surface area contributed by atoms with Crippen LogP contribution >= 0.6 is 11.3 Å². The quantitative estimate of drug-likeness (QED) is 0.806. The summed E-state index contributed by atoms with van der Waals surface area (Å²) >= 11 is 1.08. The maximum atomic E-state index is 13.4. The van der Waals surface area contributed by atoms with Crippen LogP contribution in [-0.2, 0) is 16.7 Å². The van der Waals surface area contributed by atoms with Crippen molar-refractivity contribution in [1.82, 2.24) is 0 Å². The van der Waals surface area contributed by atoms with Crippen LogP contribution in [0, 0.1) is 0 Å². The number of anilines is 1. The van der Waals surface area contributed by atoms with Crippen molar-refractivity contribution >= 4 is 33.8 Å². The molecule has 2 aromatic rings. The van der Waals surface area contributed by atoms with Gasteiger partial charge in [-0.25, -0.2) is 4.79 Å². The fraction of sp³-hybridized carbons (Fsp3) is 0.278. The van der Waals surface area contributed by atoms with E-state index in [-0.39, 0.29) is 16.3 Å². The van der Waals surface area contributed by atoms with Crippen molar-refractivity contribution in [2.75, 3.05) is 12.8 Å². The summed E-state index contributed by atoms with van der Waals surface area (Å²) in [6, 6.07) is 7.71. The summed E-state index contributed by atoms with van der Waals surface area (Å²) in [5.41, 5.74) is 8.43. The van der Waals surface area contributed by atoms with Crippen LogP contribution in [0.2, 0.25) is 0 Å². The van der Waals surface area contributed by atoms with Crippen LogP contribution in [0.1, 0.15) is 49.6 Å². The zero-order chi connectivity index (χ0) is 17.8. The number of oxime groups is 1. The first-order valence-corrected chi connectivity index (χ1v) is 8.70. The van der Waals surface area contributed by atoms with Crippen molar-refractivity contribution in [2.24, 2.45) is 5.16 Å². The van der Waals surface area contributed by atoms with Gasteiger partial charge in [-0.15, -0.1) is 11.3 Å². The monoisotopic (exact) mass is 356 g/mol. The molecule has 1 heterocycles. The minimum absolute atomic E-state index is 0.0632. The third-order valence-corrected chi connectivity index (χ3v) is 6.17. The molecule has 1 spiro atoms. The van der Waals surface area contributed by atoms with Crippen molar-refractivity contribution in [3.63, 3.8) is 0 Å². The number of thiophene rings is 1. The van der Waals surface area contributed by atoms with E-state index in [0.717, 1.165) is 28.2 Å². The first kappa shape index (κ1) is 15.8. The van der Waals surface area contributed by atoms with Crippen LogP contribution in [-0.4, -0.2) is 29.7 Å². The van der Waals surface area contributed by atoms with Gasteiger partial charge in [-0.1, -0.05) is 29.4 Å². The van der Waals surface area contributed by atoms with E-state index in [0.29, 0.717) is 29.7 Å². The summed E-state index contributed by atoms with van der Waals surface area (Å²) in [5, 5.41) is 13.7. The molecule has 1 aromatic carbocycles. The fourth-order valence-corrected chi connectivity index (χ4v) is 5.20. The van der Waals surface area contributed by atoms with Crippen molar-refractivity contribution in [3.8, 4) is 0 Å². The standard InChI is InChI=1S/C18H16N2O4S/c1-24-20-12-8-18(11-5-3-2-4-9(11)12)7-6-10-13(17(22)23)16(19)25-14(10)15(18)21/h2-5H,6-8,19H2,1H3,(H,22,23). The van der Waals surface area contributed by atoms with Crippen LogP contribution in [0.3, 0.4) is 0 Å². The summed E-state index contributed by atoms with van der Waals surface area (Å²) in [6.07, 6.45) is 1.50. The highest BCUT2D eigenvalue weighted by atomic mass is 32.1. The number of aromatic carboxylic acids is 1. The Hall–Kier alpha value is -2.67. The van der Waals surface area contributed by atoms with E-state index in [1.807, 2.05) is 24.3 Å². The number of nitrogens with zero attached hydrogens (tertiary/aromatic N) is 1. The number of hydrogen-bond donors (Lipinski definition) is 2. The molecule has 0 saturated heterocycles. The van der Waals surface area contributed by atoms with E-state index >= 15 is 0 Å². The molecule has 1 aromatic heterocycles. The zero-order valence-corrected chi connectivity index (χ0v) is 14.4. The summed E-state index contributed by atoms with van der Waals surface area (Å²) in [5.74, 6) is -1.14. The zero-order valence-electron chi connectivity index (χ0n) is 13.5. The van der Waals surface area contributed by atoms with Gasteiger partial charge in [-0.05, 0) is 24.0 Å². The van der Waals surface area contributed by atoms with E-state index in [2.05, 4.69) is 5.16 Å². The second-order valence-corrected chi connectivity index (χ2v) is 7.36. The van der Waals surface area contributed by atoms with Gasteiger partial charge in [0.15, 0.2) is 5.78 Å². The van der Waals surface area contributed by atoms with Crippen LogP contribution in [0.15, 0.2) is 29.4 Å². The van der Waals surface area contributed by atoms with Crippen LogP contribution in [0.5, 0.6) is 0 Å². The molecule has 6 nitrogen and oxygen atoms in total. The minimum atomic E-state index is -1.08. The number of benzene rings is 1. The number of hydrogen-bond acceptors (Lipinski definition) is 6. The summed E-state index contributed by atoms with van der Waals surface area (Å²) in [4.78, 5) is 30.3. The Labute approximate surface area is 147 Å². The number of fused-ring (bicyclic) bond motifs is 3. The Morgan fingerprint density at radius 3 is 2.88 bits per heavy atom. The summed E-state index contributed by atoms with van der Waals surface area (Å²) < 4.78 is 0. The third-order valence-electron chi connectivity index (χ3n) is 5.12. The van der Waals surface area contributed by atoms with E-state index in [4.69, 9.17) is 10.6 Å². The number of Topliss-reactive ketones (excluding diaryl/α,β-unsaturated/α-hetero) is 1. The maximum Gasteiger partial charge on any atom is 0.338 e. The number of carboxylic acids is 1. The van der Waals surface area contributed by atoms with Crippen molar-refractivity contribution in [1.29, 1.82) is 0 Å². The number of ketones is 1. The smallest absolute Gasteiger partial charge is 0.338 e. The normalized spacial score (nSPS) is 22.9. The van der Waals surface area contributed by atoms with E-state index in [1.54, 1.807) is 0 Å². The van der Waals surface area contributed by atoms with E-state index in [9.17, 15) is 14.7 Å². The van der Waals surface area contributed by atoms with Crippen molar-refractivity contribution in [2.45, 2.75) is 24.7 Å². The molecule has 7 heteroatoms. The summed E-state index contributed by atoms with van der Waals surface area (Å²) in [6.45, 7) is 0. The SMILES string of the molecule is CON=C1CC2(CCc3c(sc(N)c3C(=O)O)C2=O)c2ccccc21. The highest BCUT2D eigenvalue weighted by Gasteiger charge is 2.52. The van der Waals surface area contributed by atoms with Crippen LogP contribution < -0.4 is 5.73 Å². The molecule has 25 heavy (non-hydrogen) atoms. The molecule has 1 atom stereocenters. The molecule has 0 saturated carbocycles. The second kappa shape index (κ2) is 5.42. The lowest BCUT2D eigenvalue weighted by atomic mass is 9.69. The molecule has 3 N–H and O–H groups in total. The Balaban J connectivity index is 1.89. The van der Waals surface area contributed by atoms with Gasteiger partial charge in [0, 0.05) is 12.0 Å². The summed E-state index contributed by atoms with van der Waals surface area (Å²) in [7, 11) is 1.49. The molecular formula is C18H16N2O4S. The Bertz CT molecular complexity index is 947. The lowest BCUT2D eigenvalue weighted by molar-refractivity contribution is 0.0697. The largest absolute Gasteiger partial charge is 0.478 e. The average Bonchev–Trinajstić information content (AvgIpc) is 3.09. The van der Waals surface area contributed by atoms with Gasteiger partial charge in [0.05, 0.1) is 21.6 Å². The molecule has 2 aliphatic rings. The molecule has 0 radical (unpaired) electrons. The number of carbonyl (C=O) groups is 2. The van der Waals surface area contributed by atoms with Crippen molar-refractivity contribution in [3.05, 3.63) is 51.4 Å². The highest BCUT2D eigenvalue weighted by molar-refractivity contribution is 7.18. The van der Waals surface area contributed by atoms with Gasteiger partial charge in [0.25, 0.3) is 0 Å². The minimum Gasteiger partial charge on any atom is -0.478 e. The average molecular weight is 356 g/mol. The van der Waals surface area contributed by atoms with Gasteiger partial charge in [-0.2, -0.15) is 0 Å². The molecule has 0 bridgehead atoms. The Kier molecular flexibility index (Phi) is 3.43. The molecule has 1 unspecified atom stereocenters. The Morgan fingerprint density at radius 2 is 2.16 bits per heavy atom. The molecular weight excluding hydrogens is 340 g/mol. The molecule has 0 fully saturated rings. The molecule has 4 rings (SSSR count). The molecule has 0 aliphatic heterocycles. The van der Waals surface area contributed by atoms with Crippen molar-refractivity contribution < 1.29 is 19.5 Å². The first-order chi connectivity index (χ1) is 12.0. The third kappa shape index (κ3) is 2.05. The predicted molar refractivity (Wildman–Crippen MR) is 94.6 cm³/mol. The number of rotatable bonds is 2. The molecule has 128 valence electrons. The maximum absolute atomic E-state index is 13.4. The Morgan fingerprint density at radius 1 is 1.40 bits per heavy atom. The number of carbonyl (C=O) groups excluding carboxylic acids is 1.